The predicted molar refractivity (Wildman–Crippen MR) is 72.1 cm³/mol. The lowest BCUT2D eigenvalue weighted by Gasteiger charge is -2.25. The highest BCUT2D eigenvalue weighted by atomic mass is 16.5. The van der Waals surface area contributed by atoms with Crippen LogP contribution in [0.4, 0.5) is 0 Å². The molecule has 0 aliphatic carbocycles. The summed E-state index contributed by atoms with van der Waals surface area (Å²) in [6.07, 6.45) is 3.42. The summed E-state index contributed by atoms with van der Waals surface area (Å²) < 4.78 is 5.54. The Hall–Kier alpha value is -1.57. The lowest BCUT2D eigenvalue weighted by atomic mass is 10.1. The van der Waals surface area contributed by atoms with Gasteiger partial charge in [-0.3, -0.25) is 0 Å². The van der Waals surface area contributed by atoms with E-state index in [1.54, 1.807) is 24.3 Å². The molecule has 4 nitrogen and oxygen atoms in total. The number of benzene rings is 1. The van der Waals surface area contributed by atoms with Crippen LogP contribution >= 0.6 is 0 Å². The number of nitriles is 1. The van der Waals surface area contributed by atoms with Crippen molar-refractivity contribution in [2.24, 2.45) is 0 Å². The number of nitrogens with zero attached hydrogens (tertiary/aromatic N) is 1. The van der Waals surface area contributed by atoms with E-state index in [4.69, 9.17) is 10.00 Å². The first-order valence-corrected chi connectivity index (χ1v) is 6.92. The molecule has 0 spiro atoms. The van der Waals surface area contributed by atoms with E-state index >= 15 is 0 Å². The molecule has 0 aromatic heterocycles. The van der Waals surface area contributed by atoms with Crippen molar-refractivity contribution >= 4 is 0 Å². The number of ether oxygens (including phenoxy) is 1. The fourth-order valence-electron chi connectivity index (χ4n) is 2.47. The molecule has 2 N–H and O–H groups in total. The molecular weight excluding hydrogens is 240 g/mol. The van der Waals surface area contributed by atoms with Gasteiger partial charge in [0.1, 0.15) is 25.0 Å². The topological polar surface area (TPSA) is 57.7 Å². The highest BCUT2D eigenvalue weighted by molar-refractivity contribution is 5.34. The average Bonchev–Trinajstić information content (AvgIpc) is 2.47. The van der Waals surface area contributed by atoms with Crippen LogP contribution in [-0.2, 0) is 0 Å². The Morgan fingerprint density at radius 1 is 1.21 bits per heavy atom. The van der Waals surface area contributed by atoms with Gasteiger partial charge in [0.2, 0.25) is 0 Å². The van der Waals surface area contributed by atoms with Gasteiger partial charge in [0.15, 0.2) is 0 Å². The number of quaternary nitrogens is 1. The zero-order valence-electron chi connectivity index (χ0n) is 11.1. The Balaban J connectivity index is 1.73. The predicted octanol–water partition coefficient (Wildman–Crippen LogP) is 0.367. The molecule has 19 heavy (non-hydrogen) atoms. The van der Waals surface area contributed by atoms with Crippen molar-refractivity contribution in [2.45, 2.75) is 25.4 Å². The molecule has 102 valence electrons. The van der Waals surface area contributed by atoms with Crippen molar-refractivity contribution in [3.63, 3.8) is 0 Å². The van der Waals surface area contributed by atoms with E-state index in [0.29, 0.717) is 17.9 Å². The molecule has 1 saturated heterocycles. The first-order chi connectivity index (χ1) is 9.28. The van der Waals surface area contributed by atoms with Gasteiger partial charge in [-0.05, 0) is 43.5 Å². The number of aliphatic hydroxyl groups is 1. The zero-order valence-corrected chi connectivity index (χ0v) is 11.1. The molecule has 1 aliphatic rings. The van der Waals surface area contributed by atoms with Gasteiger partial charge in [0.25, 0.3) is 0 Å². The standard InChI is InChI=1S/C15H20N2O2/c16-10-13-4-6-15(7-5-13)19-12-14(18)11-17-8-2-1-3-9-17/h4-7,14,18H,1-3,8-9,11-12H2/p+1/t14-/m0/s1. The summed E-state index contributed by atoms with van der Waals surface area (Å²) in [5.41, 5.74) is 0.616. The van der Waals surface area contributed by atoms with Crippen LogP contribution in [0.25, 0.3) is 0 Å². The van der Waals surface area contributed by atoms with Crippen LogP contribution < -0.4 is 9.64 Å². The van der Waals surface area contributed by atoms with Crippen LogP contribution in [0.15, 0.2) is 24.3 Å². The van der Waals surface area contributed by atoms with Crippen molar-refractivity contribution < 1.29 is 14.7 Å². The summed E-state index contributed by atoms with van der Waals surface area (Å²) >= 11 is 0. The third kappa shape index (κ3) is 4.55. The molecule has 0 bridgehead atoms. The normalized spacial score (nSPS) is 17.7. The maximum Gasteiger partial charge on any atom is 0.137 e. The van der Waals surface area contributed by atoms with Crippen molar-refractivity contribution in [2.75, 3.05) is 26.2 Å². The summed E-state index contributed by atoms with van der Waals surface area (Å²) in [4.78, 5) is 1.47. The van der Waals surface area contributed by atoms with Gasteiger partial charge in [-0.25, -0.2) is 0 Å². The Kier molecular flexibility index (Phi) is 5.20. The summed E-state index contributed by atoms with van der Waals surface area (Å²) in [5.74, 6) is 0.701. The van der Waals surface area contributed by atoms with Crippen LogP contribution in [0.2, 0.25) is 0 Å². The van der Waals surface area contributed by atoms with Gasteiger partial charge in [-0.1, -0.05) is 0 Å². The van der Waals surface area contributed by atoms with E-state index in [0.717, 1.165) is 19.6 Å². The molecule has 1 atom stereocenters. The van der Waals surface area contributed by atoms with Crippen LogP contribution in [0, 0.1) is 11.3 Å². The number of piperidine rings is 1. The molecule has 0 unspecified atom stereocenters. The second-order valence-corrected chi connectivity index (χ2v) is 5.12. The van der Waals surface area contributed by atoms with E-state index in [2.05, 4.69) is 6.07 Å². The van der Waals surface area contributed by atoms with Gasteiger partial charge in [-0.15, -0.1) is 0 Å². The molecule has 4 heteroatoms. The highest BCUT2D eigenvalue weighted by Gasteiger charge is 2.18. The quantitative estimate of drug-likeness (QED) is 0.805. The first kappa shape index (κ1) is 13.9. The van der Waals surface area contributed by atoms with Crippen molar-refractivity contribution in [1.82, 2.24) is 0 Å². The van der Waals surface area contributed by atoms with Crippen LogP contribution in [0.3, 0.4) is 0 Å². The highest BCUT2D eigenvalue weighted by Crippen LogP contribution is 2.11. The zero-order chi connectivity index (χ0) is 13.5. The molecule has 0 saturated carbocycles. The SMILES string of the molecule is N#Cc1ccc(OC[C@@H](O)C[NH+]2CCCCC2)cc1. The first-order valence-electron chi connectivity index (χ1n) is 6.92. The molecule has 1 fully saturated rings. The Morgan fingerprint density at radius 3 is 2.53 bits per heavy atom. The third-order valence-corrected chi connectivity index (χ3v) is 3.51. The fraction of sp³-hybridized carbons (Fsp3) is 0.533. The summed E-state index contributed by atoms with van der Waals surface area (Å²) in [7, 11) is 0. The maximum absolute atomic E-state index is 9.97. The molecule has 1 aromatic carbocycles. The Bertz CT molecular complexity index is 419. The summed E-state index contributed by atoms with van der Waals surface area (Å²) in [6.45, 7) is 3.40. The van der Waals surface area contributed by atoms with E-state index in [9.17, 15) is 5.11 Å². The summed E-state index contributed by atoms with van der Waals surface area (Å²) in [5, 5.41) is 18.7. The third-order valence-electron chi connectivity index (χ3n) is 3.51. The second kappa shape index (κ2) is 7.13. The molecular formula is C15H21N2O2+. The van der Waals surface area contributed by atoms with Crippen LogP contribution in [-0.4, -0.2) is 37.5 Å². The largest absolute Gasteiger partial charge is 0.491 e. The number of nitrogens with one attached hydrogen (secondary N) is 1. The minimum atomic E-state index is -0.427. The lowest BCUT2D eigenvalue weighted by molar-refractivity contribution is -0.908. The molecule has 0 amide bonds. The molecule has 0 radical (unpaired) electrons. The number of hydrogen-bond acceptors (Lipinski definition) is 3. The summed E-state index contributed by atoms with van der Waals surface area (Å²) in [6, 6.07) is 9.03. The van der Waals surface area contributed by atoms with Crippen LogP contribution in [0.5, 0.6) is 5.75 Å². The van der Waals surface area contributed by atoms with E-state index in [1.165, 1.54) is 24.2 Å². The van der Waals surface area contributed by atoms with Crippen LogP contribution in [0.1, 0.15) is 24.8 Å². The van der Waals surface area contributed by atoms with Crippen molar-refractivity contribution in [3.05, 3.63) is 29.8 Å². The van der Waals surface area contributed by atoms with Crippen molar-refractivity contribution in [3.8, 4) is 11.8 Å². The van der Waals surface area contributed by atoms with Gasteiger partial charge in [-0.2, -0.15) is 5.26 Å². The Morgan fingerprint density at radius 2 is 1.89 bits per heavy atom. The number of hydrogen-bond donors (Lipinski definition) is 2. The average molecular weight is 261 g/mol. The van der Waals surface area contributed by atoms with E-state index in [-0.39, 0.29) is 0 Å². The minimum Gasteiger partial charge on any atom is -0.491 e. The van der Waals surface area contributed by atoms with E-state index < -0.39 is 6.10 Å². The minimum absolute atomic E-state index is 0.315. The molecule has 1 aliphatic heterocycles. The molecule has 1 heterocycles. The number of aliphatic hydroxyl groups excluding tert-OH is 1. The van der Waals surface area contributed by atoms with Gasteiger partial charge in [0, 0.05) is 0 Å². The van der Waals surface area contributed by atoms with Crippen molar-refractivity contribution in [1.29, 1.82) is 5.26 Å². The lowest BCUT2D eigenvalue weighted by Crippen LogP contribution is -3.14. The second-order valence-electron chi connectivity index (χ2n) is 5.12. The van der Waals surface area contributed by atoms with Gasteiger partial charge >= 0.3 is 0 Å². The van der Waals surface area contributed by atoms with Gasteiger partial charge < -0.3 is 14.7 Å². The molecule has 1 aromatic rings. The smallest absolute Gasteiger partial charge is 0.137 e. The van der Waals surface area contributed by atoms with E-state index in [1.807, 2.05) is 0 Å². The number of rotatable bonds is 5. The molecule has 2 rings (SSSR count). The maximum atomic E-state index is 9.97. The number of likely N-dealkylation sites (tertiary alicyclic amines) is 1. The van der Waals surface area contributed by atoms with Gasteiger partial charge in [0.05, 0.1) is 24.7 Å². The monoisotopic (exact) mass is 261 g/mol. The fourth-order valence-corrected chi connectivity index (χ4v) is 2.47. The Labute approximate surface area is 114 Å².